The van der Waals surface area contributed by atoms with Gasteiger partial charge in [-0.15, -0.1) is 0 Å². The molecule has 0 saturated carbocycles. The number of rotatable bonds is 7. The van der Waals surface area contributed by atoms with Crippen molar-refractivity contribution in [2.45, 2.75) is 25.3 Å². The average molecular weight is 203 g/mol. The Kier molecular flexibility index (Phi) is 6.47. The highest BCUT2D eigenvalue weighted by atomic mass is 16.4. The zero-order valence-corrected chi connectivity index (χ0v) is 8.25. The number of unbranched alkanes of at least 4 members (excludes halogenated alkanes) is 1. The summed E-state index contributed by atoms with van der Waals surface area (Å²) in [5, 5.41) is 13.8. The minimum absolute atomic E-state index is 0.491. The van der Waals surface area contributed by atoms with Crippen molar-refractivity contribution >= 4 is 12.0 Å². The van der Waals surface area contributed by atoms with Crippen LogP contribution in [0.2, 0.25) is 0 Å². The van der Waals surface area contributed by atoms with Crippen molar-refractivity contribution < 1.29 is 14.7 Å². The number of likely N-dealkylation sites (N-methyl/N-ethyl adjacent to an activating group) is 1. The molecule has 5 N–H and O–H groups in total. The van der Waals surface area contributed by atoms with Crippen LogP contribution in [-0.2, 0) is 4.79 Å². The van der Waals surface area contributed by atoms with Crippen molar-refractivity contribution in [2.75, 3.05) is 13.6 Å². The zero-order valence-electron chi connectivity index (χ0n) is 8.25. The first-order valence-electron chi connectivity index (χ1n) is 4.51. The van der Waals surface area contributed by atoms with E-state index >= 15 is 0 Å². The second-order valence-electron chi connectivity index (χ2n) is 2.97. The summed E-state index contributed by atoms with van der Waals surface area (Å²) < 4.78 is 0. The maximum atomic E-state index is 10.6. The topological polar surface area (TPSA) is 104 Å². The molecular formula is C8H17N3O3. The van der Waals surface area contributed by atoms with Gasteiger partial charge in [0.2, 0.25) is 0 Å². The summed E-state index contributed by atoms with van der Waals surface area (Å²) in [5.41, 5.74) is 4.85. The molecule has 0 aliphatic heterocycles. The summed E-state index contributed by atoms with van der Waals surface area (Å²) in [7, 11) is 1.61. The Bertz CT molecular complexity index is 196. The smallest absolute Gasteiger partial charge is 0.320 e. The highest BCUT2D eigenvalue weighted by molar-refractivity contribution is 5.73. The second kappa shape index (κ2) is 7.14. The van der Waals surface area contributed by atoms with Crippen LogP contribution in [0.25, 0.3) is 0 Å². The second-order valence-corrected chi connectivity index (χ2v) is 2.97. The predicted octanol–water partition coefficient (Wildman–Crippen LogP) is -0.502. The summed E-state index contributed by atoms with van der Waals surface area (Å²) >= 11 is 0. The third-order valence-electron chi connectivity index (χ3n) is 1.87. The van der Waals surface area contributed by atoms with E-state index in [1.54, 1.807) is 7.05 Å². The Morgan fingerprint density at radius 1 is 1.43 bits per heavy atom. The Morgan fingerprint density at radius 2 is 2.07 bits per heavy atom. The molecule has 0 bridgehead atoms. The fourth-order valence-corrected chi connectivity index (χ4v) is 1.08. The molecule has 0 saturated heterocycles. The van der Waals surface area contributed by atoms with Crippen LogP contribution in [0.5, 0.6) is 0 Å². The Labute approximate surface area is 82.9 Å². The number of hydrogen-bond donors (Lipinski definition) is 4. The molecule has 82 valence electrons. The molecule has 1 unspecified atom stereocenters. The van der Waals surface area contributed by atoms with Crippen molar-refractivity contribution in [1.29, 1.82) is 0 Å². The number of carbonyl (C=O) groups excluding carboxylic acids is 1. The van der Waals surface area contributed by atoms with Crippen LogP contribution >= 0.6 is 0 Å². The maximum Gasteiger partial charge on any atom is 0.320 e. The van der Waals surface area contributed by atoms with Crippen molar-refractivity contribution in [3.05, 3.63) is 0 Å². The van der Waals surface area contributed by atoms with E-state index < -0.39 is 18.0 Å². The van der Waals surface area contributed by atoms with Crippen LogP contribution in [0, 0.1) is 0 Å². The molecule has 1 atom stereocenters. The van der Waals surface area contributed by atoms with Crippen LogP contribution in [0.4, 0.5) is 4.79 Å². The van der Waals surface area contributed by atoms with E-state index in [9.17, 15) is 9.59 Å². The number of carbonyl (C=O) groups is 2. The number of nitrogens with two attached hydrogens (primary N) is 1. The van der Waals surface area contributed by atoms with Gasteiger partial charge in [0.1, 0.15) is 6.04 Å². The molecule has 14 heavy (non-hydrogen) atoms. The molecule has 0 fully saturated rings. The minimum atomic E-state index is -0.852. The van der Waals surface area contributed by atoms with E-state index in [1.165, 1.54) is 0 Å². The molecule has 0 aliphatic rings. The van der Waals surface area contributed by atoms with Gasteiger partial charge in [-0.2, -0.15) is 0 Å². The van der Waals surface area contributed by atoms with Crippen LogP contribution in [0.15, 0.2) is 0 Å². The van der Waals surface area contributed by atoms with E-state index in [1.807, 2.05) is 0 Å². The van der Waals surface area contributed by atoms with E-state index in [4.69, 9.17) is 10.8 Å². The molecule has 0 aromatic heterocycles. The first-order valence-corrected chi connectivity index (χ1v) is 4.51. The molecule has 0 radical (unpaired) electrons. The Morgan fingerprint density at radius 3 is 2.50 bits per heavy atom. The molecule has 0 spiro atoms. The first kappa shape index (κ1) is 12.7. The lowest BCUT2D eigenvalue weighted by atomic mass is 10.1. The van der Waals surface area contributed by atoms with Gasteiger partial charge in [0.05, 0.1) is 0 Å². The normalized spacial score (nSPS) is 12.1. The van der Waals surface area contributed by atoms with Gasteiger partial charge in [-0.05, 0) is 26.3 Å². The largest absolute Gasteiger partial charge is 0.480 e. The van der Waals surface area contributed by atoms with Gasteiger partial charge in [0, 0.05) is 6.54 Å². The molecule has 2 amide bonds. The van der Waals surface area contributed by atoms with Gasteiger partial charge in [0.15, 0.2) is 0 Å². The van der Waals surface area contributed by atoms with Gasteiger partial charge in [0.25, 0.3) is 0 Å². The molecule has 0 rings (SSSR count). The number of hydrogen-bond acceptors (Lipinski definition) is 3. The predicted molar refractivity (Wildman–Crippen MR) is 51.9 cm³/mol. The average Bonchev–Trinajstić information content (AvgIpc) is 2.10. The van der Waals surface area contributed by atoms with Crippen molar-refractivity contribution in [3.63, 3.8) is 0 Å². The quantitative estimate of drug-likeness (QED) is 0.418. The van der Waals surface area contributed by atoms with E-state index in [2.05, 4.69) is 10.6 Å². The van der Waals surface area contributed by atoms with Crippen LogP contribution in [0.1, 0.15) is 19.3 Å². The summed E-state index contributed by atoms with van der Waals surface area (Å²) in [4.78, 5) is 20.8. The zero-order chi connectivity index (χ0) is 11.0. The SMILES string of the molecule is CNC(CCCCNC(N)=O)C(=O)O. The summed E-state index contributed by atoms with van der Waals surface area (Å²) in [6, 6.07) is -1.06. The standard InChI is InChI=1S/C8H17N3O3/c1-10-6(7(12)13)4-2-3-5-11-8(9)14/h6,10H,2-5H2,1H3,(H,12,13)(H3,9,11,14). The van der Waals surface area contributed by atoms with Crippen LogP contribution in [-0.4, -0.2) is 36.7 Å². The number of carboxylic acid groups (broad SMARTS) is 1. The molecule has 6 nitrogen and oxygen atoms in total. The fraction of sp³-hybridized carbons (Fsp3) is 0.750. The summed E-state index contributed by atoms with van der Waals surface area (Å²) in [6.45, 7) is 0.491. The maximum absolute atomic E-state index is 10.6. The molecule has 6 heteroatoms. The van der Waals surface area contributed by atoms with Gasteiger partial charge in [-0.3, -0.25) is 4.79 Å². The number of carboxylic acids is 1. The molecular weight excluding hydrogens is 186 g/mol. The van der Waals surface area contributed by atoms with E-state index in [-0.39, 0.29) is 0 Å². The third-order valence-corrected chi connectivity index (χ3v) is 1.87. The minimum Gasteiger partial charge on any atom is -0.480 e. The van der Waals surface area contributed by atoms with Gasteiger partial charge in [-0.25, -0.2) is 4.79 Å². The summed E-state index contributed by atoms with van der Waals surface area (Å²) in [6.07, 6.45) is 2.01. The number of nitrogens with one attached hydrogen (secondary N) is 2. The lowest BCUT2D eigenvalue weighted by Gasteiger charge is -2.10. The van der Waals surface area contributed by atoms with Crippen molar-refractivity contribution in [3.8, 4) is 0 Å². The van der Waals surface area contributed by atoms with E-state index in [0.29, 0.717) is 13.0 Å². The Hall–Kier alpha value is -1.30. The fourth-order valence-electron chi connectivity index (χ4n) is 1.08. The third kappa shape index (κ3) is 6.24. The molecule has 0 heterocycles. The highest BCUT2D eigenvalue weighted by Crippen LogP contribution is 1.99. The Balaban J connectivity index is 3.42. The van der Waals surface area contributed by atoms with Crippen LogP contribution in [0.3, 0.4) is 0 Å². The molecule has 0 aromatic rings. The lowest BCUT2D eigenvalue weighted by molar-refractivity contribution is -0.139. The summed E-state index contributed by atoms with van der Waals surface area (Å²) in [5.74, 6) is -0.852. The number of urea groups is 1. The number of primary amides is 1. The van der Waals surface area contributed by atoms with Crippen LogP contribution < -0.4 is 16.4 Å². The van der Waals surface area contributed by atoms with E-state index in [0.717, 1.165) is 12.8 Å². The molecule has 0 aliphatic carbocycles. The van der Waals surface area contributed by atoms with Crippen molar-refractivity contribution in [1.82, 2.24) is 10.6 Å². The lowest BCUT2D eigenvalue weighted by Crippen LogP contribution is -2.34. The van der Waals surface area contributed by atoms with Gasteiger partial charge in [-0.1, -0.05) is 0 Å². The van der Waals surface area contributed by atoms with Gasteiger partial charge < -0.3 is 21.5 Å². The highest BCUT2D eigenvalue weighted by Gasteiger charge is 2.13. The van der Waals surface area contributed by atoms with Gasteiger partial charge >= 0.3 is 12.0 Å². The first-order chi connectivity index (χ1) is 6.57. The molecule has 0 aromatic carbocycles. The number of aliphatic carboxylic acids is 1. The number of amides is 2. The van der Waals surface area contributed by atoms with Crippen molar-refractivity contribution in [2.24, 2.45) is 5.73 Å². The monoisotopic (exact) mass is 203 g/mol.